The molecule has 1 N–H and O–H groups in total. The lowest BCUT2D eigenvalue weighted by Crippen LogP contribution is -2.16. The Labute approximate surface area is 107 Å². The fourth-order valence-corrected chi connectivity index (χ4v) is 2.35. The van der Waals surface area contributed by atoms with Gasteiger partial charge in [0.2, 0.25) is 0 Å². The van der Waals surface area contributed by atoms with Crippen LogP contribution in [0.2, 0.25) is 0 Å². The zero-order valence-electron chi connectivity index (χ0n) is 10.6. The highest BCUT2D eigenvalue weighted by Gasteiger charge is 2.11. The molecule has 1 aliphatic rings. The molecule has 1 aromatic heterocycles. The number of nitrogens with one attached hydrogen (secondary N) is 1. The first kappa shape index (κ1) is 11.4. The van der Waals surface area contributed by atoms with Gasteiger partial charge in [0.15, 0.2) is 5.82 Å². The largest absolute Gasteiger partial charge is 0.316 e. The van der Waals surface area contributed by atoms with E-state index >= 15 is 0 Å². The monoisotopic (exact) mass is 239 g/mol. The maximum absolute atomic E-state index is 4.73. The molecule has 0 spiro atoms. The van der Waals surface area contributed by atoms with Gasteiger partial charge in [-0.3, -0.25) is 0 Å². The van der Waals surface area contributed by atoms with E-state index in [1.807, 2.05) is 6.20 Å². The Kier molecular flexibility index (Phi) is 3.07. The minimum Gasteiger partial charge on any atom is -0.316 e. The van der Waals surface area contributed by atoms with Crippen LogP contribution in [0.5, 0.6) is 0 Å². The predicted molar refractivity (Wildman–Crippen MR) is 72.5 cm³/mol. The van der Waals surface area contributed by atoms with Gasteiger partial charge in [0, 0.05) is 30.4 Å². The Morgan fingerprint density at radius 1 is 1.17 bits per heavy atom. The standard InChI is InChI=1S/C15H17N3/c1-11-3-2-4-12(9-11)15-17-10-13-5-7-16-8-6-14(13)18-15/h2-4,9-10,16H,5-8H2,1H3. The molecule has 3 rings (SSSR count). The molecule has 2 heterocycles. The fraction of sp³-hybridized carbons (Fsp3) is 0.333. The first-order valence-electron chi connectivity index (χ1n) is 6.45. The molecule has 0 aliphatic carbocycles. The minimum absolute atomic E-state index is 0.847. The molecule has 18 heavy (non-hydrogen) atoms. The lowest BCUT2D eigenvalue weighted by molar-refractivity contribution is 0.708. The van der Waals surface area contributed by atoms with Gasteiger partial charge in [-0.2, -0.15) is 0 Å². The van der Waals surface area contributed by atoms with Crippen LogP contribution in [0.3, 0.4) is 0 Å². The van der Waals surface area contributed by atoms with E-state index in [0.29, 0.717) is 0 Å². The summed E-state index contributed by atoms with van der Waals surface area (Å²) >= 11 is 0. The van der Waals surface area contributed by atoms with Crippen LogP contribution in [0, 0.1) is 6.92 Å². The Morgan fingerprint density at radius 2 is 2.06 bits per heavy atom. The number of benzene rings is 1. The van der Waals surface area contributed by atoms with Gasteiger partial charge in [0.1, 0.15) is 0 Å². The van der Waals surface area contributed by atoms with Crippen molar-refractivity contribution >= 4 is 0 Å². The fourth-order valence-electron chi connectivity index (χ4n) is 2.35. The van der Waals surface area contributed by atoms with Crippen molar-refractivity contribution in [2.45, 2.75) is 19.8 Å². The van der Waals surface area contributed by atoms with E-state index in [2.05, 4.69) is 41.5 Å². The summed E-state index contributed by atoms with van der Waals surface area (Å²) in [5.41, 5.74) is 4.84. The van der Waals surface area contributed by atoms with Crippen LogP contribution in [-0.4, -0.2) is 23.1 Å². The zero-order valence-corrected chi connectivity index (χ0v) is 10.6. The summed E-state index contributed by atoms with van der Waals surface area (Å²) in [7, 11) is 0. The van der Waals surface area contributed by atoms with Crippen molar-refractivity contribution in [3.05, 3.63) is 47.3 Å². The minimum atomic E-state index is 0.847. The van der Waals surface area contributed by atoms with Crippen molar-refractivity contribution in [1.29, 1.82) is 0 Å². The number of rotatable bonds is 1. The first-order chi connectivity index (χ1) is 8.83. The van der Waals surface area contributed by atoms with E-state index in [1.165, 1.54) is 16.8 Å². The summed E-state index contributed by atoms with van der Waals surface area (Å²) in [5.74, 6) is 0.847. The van der Waals surface area contributed by atoms with Gasteiger partial charge in [-0.25, -0.2) is 9.97 Å². The molecule has 0 fully saturated rings. The van der Waals surface area contributed by atoms with Crippen LogP contribution in [-0.2, 0) is 12.8 Å². The molecule has 1 aromatic carbocycles. The lowest BCUT2D eigenvalue weighted by Gasteiger charge is -2.07. The first-order valence-corrected chi connectivity index (χ1v) is 6.45. The van der Waals surface area contributed by atoms with Gasteiger partial charge in [-0.1, -0.05) is 23.8 Å². The van der Waals surface area contributed by atoms with Crippen molar-refractivity contribution in [2.24, 2.45) is 0 Å². The number of fused-ring (bicyclic) bond motifs is 1. The summed E-state index contributed by atoms with van der Waals surface area (Å²) in [6, 6.07) is 8.36. The third kappa shape index (κ3) is 2.27. The second-order valence-electron chi connectivity index (χ2n) is 4.79. The van der Waals surface area contributed by atoms with Gasteiger partial charge in [0.05, 0.1) is 0 Å². The topological polar surface area (TPSA) is 37.8 Å². The van der Waals surface area contributed by atoms with Crippen LogP contribution in [0.1, 0.15) is 16.8 Å². The molecule has 0 amide bonds. The van der Waals surface area contributed by atoms with Crippen LogP contribution in [0.15, 0.2) is 30.5 Å². The lowest BCUT2D eigenvalue weighted by atomic mass is 10.1. The van der Waals surface area contributed by atoms with Crippen LogP contribution in [0.4, 0.5) is 0 Å². The normalized spacial score (nSPS) is 14.9. The average Bonchev–Trinajstić information content (AvgIpc) is 2.63. The Bertz CT molecular complexity index is 563. The molecular weight excluding hydrogens is 222 g/mol. The van der Waals surface area contributed by atoms with Gasteiger partial charge < -0.3 is 5.32 Å². The molecule has 0 bridgehead atoms. The summed E-state index contributed by atoms with van der Waals surface area (Å²) < 4.78 is 0. The van der Waals surface area contributed by atoms with Gasteiger partial charge in [-0.15, -0.1) is 0 Å². The van der Waals surface area contributed by atoms with Crippen LogP contribution in [0.25, 0.3) is 11.4 Å². The van der Waals surface area contributed by atoms with Crippen molar-refractivity contribution in [3.63, 3.8) is 0 Å². The van der Waals surface area contributed by atoms with E-state index in [-0.39, 0.29) is 0 Å². The molecule has 3 heteroatoms. The maximum atomic E-state index is 4.73. The van der Waals surface area contributed by atoms with E-state index < -0.39 is 0 Å². The Balaban J connectivity index is 2.01. The quantitative estimate of drug-likeness (QED) is 0.828. The number of nitrogens with zero attached hydrogens (tertiary/aromatic N) is 2. The smallest absolute Gasteiger partial charge is 0.159 e. The third-order valence-electron chi connectivity index (χ3n) is 3.34. The molecule has 2 aromatic rings. The number of aryl methyl sites for hydroxylation is 1. The molecule has 0 unspecified atom stereocenters. The zero-order chi connectivity index (χ0) is 12.4. The molecule has 92 valence electrons. The number of hydrogen-bond donors (Lipinski definition) is 1. The summed E-state index contributed by atoms with van der Waals surface area (Å²) in [5, 5.41) is 3.39. The highest BCUT2D eigenvalue weighted by molar-refractivity contribution is 5.56. The summed E-state index contributed by atoms with van der Waals surface area (Å²) in [6.07, 6.45) is 4.02. The molecule has 1 aliphatic heterocycles. The second-order valence-corrected chi connectivity index (χ2v) is 4.79. The molecule has 0 saturated heterocycles. The van der Waals surface area contributed by atoms with Crippen molar-refractivity contribution < 1.29 is 0 Å². The van der Waals surface area contributed by atoms with Crippen molar-refractivity contribution in [2.75, 3.05) is 13.1 Å². The van der Waals surface area contributed by atoms with Crippen LogP contribution < -0.4 is 5.32 Å². The Morgan fingerprint density at radius 3 is 2.94 bits per heavy atom. The predicted octanol–water partition coefficient (Wildman–Crippen LogP) is 2.14. The van der Waals surface area contributed by atoms with Gasteiger partial charge >= 0.3 is 0 Å². The van der Waals surface area contributed by atoms with Crippen molar-refractivity contribution in [1.82, 2.24) is 15.3 Å². The highest BCUT2D eigenvalue weighted by atomic mass is 14.9. The molecule has 0 radical (unpaired) electrons. The molecule has 0 saturated carbocycles. The molecule has 3 nitrogen and oxygen atoms in total. The highest BCUT2D eigenvalue weighted by Crippen LogP contribution is 2.18. The van der Waals surface area contributed by atoms with Crippen molar-refractivity contribution in [3.8, 4) is 11.4 Å². The summed E-state index contributed by atoms with van der Waals surface area (Å²) in [6.45, 7) is 4.13. The number of hydrogen-bond acceptors (Lipinski definition) is 3. The number of aromatic nitrogens is 2. The second kappa shape index (κ2) is 4.86. The molecule has 0 atom stereocenters. The molecular formula is C15H17N3. The third-order valence-corrected chi connectivity index (χ3v) is 3.34. The maximum Gasteiger partial charge on any atom is 0.159 e. The van der Waals surface area contributed by atoms with E-state index in [9.17, 15) is 0 Å². The average molecular weight is 239 g/mol. The van der Waals surface area contributed by atoms with E-state index in [4.69, 9.17) is 4.98 Å². The van der Waals surface area contributed by atoms with Gasteiger partial charge in [0.25, 0.3) is 0 Å². The Hall–Kier alpha value is -1.74. The SMILES string of the molecule is Cc1cccc(-c2ncc3c(n2)CCNCC3)c1. The van der Waals surface area contributed by atoms with Gasteiger partial charge in [-0.05, 0) is 31.5 Å². The van der Waals surface area contributed by atoms with Crippen LogP contribution >= 0.6 is 0 Å². The van der Waals surface area contributed by atoms with E-state index in [0.717, 1.165) is 37.3 Å². The van der Waals surface area contributed by atoms with E-state index in [1.54, 1.807) is 0 Å². The summed E-state index contributed by atoms with van der Waals surface area (Å²) in [4.78, 5) is 9.24.